The maximum Gasteiger partial charge on any atom is 0.216 e. The van der Waals surface area contributed by atoms with E-state index >= 15 is 0 Å². The van der Waals surface area contributed by atoms with Crippen LogP contribution in [0.5, 0.6) is 5.75 Å². The molecule has 0 atom stereocenters. The number of furan rings is 1. The molecule has 2 aromatic heterocycles. The monoisotopic (exact) mass is 395 g/mol. The van der Waals surface area contributed by atoms with Crippen LogP contribution in [0.2, 0.25) is 0 Å². The molecule has 1 aliphatic rings. The molecule has 0 amide bonds. The number of hydrogen-bond donors (Lipinski definition) is 2. The van der Waals surface area contributed by atoms with Gasteiger partial charge in [-0.1, -0.05) is 12.1 Å². The average molecular weight is 395 g/mol. The van der Waals surface area contributed by atoms with Gasteiger partial charge in [0.2, 0.25) is 5.82 Å². The minimum atomic E-state index is 0.507. The predicted molar refractivity (Wildman–Crippen MR) is 111 cm³/mol. The molecule has 3 aromatic rings. The lowest BCUT2D eigenvalue weighted by Crippen LogP contribution is -2.52. The number of guanidine groups is 1. The number of H-pyrrole nitrogens is 1. The van der Waals surface area contributed by atoms with Crippen LogP contribution in [0.1, 0.15) is 5.82 Å². The Labute approximate surface area is 169 Å². The van der Waals surface area contributed by atoms with E-state index < -0.39 is 0 Å². The number of aliphatic imine (C=N–C) groups is 1. The Hall–Kier alpha value is -3.49. The Morgan fingerprint density at radius 1 is 1.21 bits per heavy atom. The maximum atomic E-state index is 5.50. The van der Waals surface area contributed by atoms with Gasteiger partial charge in [-0.3, -0.25) is 10.1 Å². The Morgan fingerprint density at radius 3 is 2.76 bits per heavy atom. The Kier molecular flexibility index (Phi) is 5.64. The first-order valence-corrected chi connectivity index (χ1v) is 9.57. The van der Waals surface area contributed by atoms with E-state index in [1.54, 1.807) is 20.4 Å². The van der Waals surface area contributed by atoms with Gasteiger partial charge in [-0.2, -0.15) is 0 Å². The molecule has 0 aliphatic carbocycles. The number of ether oxygens (including phenoxy) is 1. The molecule has 2 N–H and O–H groups in total. The fourth-order valence-electron chi connectivity index (χ4n) is 3.44. The molecule has 1 fully saturated rings. The van der Waals surface area contributed by atoms with Crippen molar-refractivity contribution < 1.29 is 9.15 Å². The van der Waals surface area contributed by atoms with Gasteiger partial charge in [0.15, 0.2) is 11.7 Å². The summed E-state index contributed by atoms with van der Waals surface area (Å²) in [5.74, 6) is 3.67. The standard InChI is InChI=1S/C20H25N7O2/c1-21-20(22-14-18-23-19(25-24-18)17-8-5-13-29-17)27-11-9-26(10-12-27)15-6-3-4-7-16(15)28-2/h3-8,13H,9-12,14H2,1-2H3,(H,21,22)(H,23,24,25). The lowest BCUT2D eigenvalue weighted by atomic mass is 10.2. The van der Waals surface area contributed by atoms with E-state index in [-0.39, 0.29) is 0 Å². The topological polar surface area (TPSA) is 94.8 Å². The second kappa shape index (κ2) is 8.68. The van der Waals surface area contributed by atoms with E-state index in [1.165, 1.54) is 0 Å². The molecule has 0 saturated carbocycles. The van der Waals surface area contributed by atoms with Crippen LogP contribution in [0.4, 0.5) is 5.69 Å². The second-order valence-corrected chi connectivity index (χ2v) is 6.63. The van der Waals surface area contributed by atoms with Gasteiger partial charge in [0.25, 0.3) is 0 Å². The van der Waals surface area contributed by atoms with Crippen LogP contribution >= 0.6 is 0 Å². The minimum Gasteiger partial charge on any atom is -0.495 e. The van der Waals surface area contributed by atoms with Crippen molar-refractivity contribution in [1.29, 1.82) is 0 Å². The maximum absolute atomic E-state index is 5.50. The molecule has 0 radical (unpaired) electrons. The molecule has 152 valence electrons. The van der Waals surface area contributed by atoms with Crippen LogP contribution in [0, 0.1) is 0 Å². The van der Waals surface area contributed by atoms with Gasteiger partial charge in [-0.05, 0) is 24.3 Å². The summed E-state index contributed by atoms with van der Waals surface area (Å²) < 4.78 is 10.8. The Morgan fingerprint density at radius 2 is 2.03 bits per heavy atom. The first kappa shape index (κ1) is 18.9. The van der Waals surface area contributed by atoms with E-state index in [4.69, 9.17) is 9.15 Å². The second-order valence-electron chi connectivity index (χ2n) is 6.63. The summed E-state index contributed by atoms with van der Waals surface area (Å²) in [6.07, 6.45) is 1.61. The molecule has 9 nitrogen and oxygen atoms in total. The van der Waals surface area contributed by atoms with Crippen molar-refractivity contribution >= 4 is 11.6 Å². The van der Waals surface area contributed by atoms with Crippen molar-refractivity contribution in [2.24, 2.45) is 4.99 Å². The molecule has 0 bridgehead atoms. The summed E-state index contributed by atoms with van der Waals surface area (Å²) in [4.78, 5) is 13.5. The van der Waals surface area contributed by atoms with Crippen LogP contribution in [0.3, 0.4) is 0 Å². The lowest BCUT2D eigenvalue weighted by molar-refractivity contribution is 0.366. The summed E-state index contributed by atoms with van der Waals surface area (Å²) in [7, 11) is 3.51. The lowest BCUT2D eigenvalue weighted by Gasteiger charge is -2.38. The van der Waals surface area contributed by atoms with Crippen molar-refractivity contribution in [2.75, 3.05) is 45.2 Å². The van der Waals surface area contributed by atoms with E-state index in [0.29, 0.717) is 18.1 Å². The van der Waals surface area contributed by atoms with Crippen molar-refractivity contribution in [3.8, 4) is 17.3 Å². The number of nitrogens with one attached hydrogen (secondary N) is 2. The normalized spacial score (nSPS) is 14.9. The summed E-state index contributed by atoms with van der Waals surface area (Å²) >= 11 is 0. The summed E-state index contributed by atoms with van der Waals surface area (Å²) in [6, 6.07) is 11.8. The van der Waals surface area contributed by atoms with Gasteiger partial charge in [0.1, 0.15) is 11.6 Å². The van der Waals surface area contributed by atoms with E-state index in [0.717, 1.165) is 49.4 Å². The minimum absolute atomic E-state index is 0.507. The van der Waals surface area contributed by atoms with Crippen molar-refractivity contribution in [2.45, 2.75) is 6.54 Å². The summed E-state index contributed by atoms with van der Waals surface area (Å²) in [6.45, 7) is 4.03. The van der Waals surface area contributed by atoms with Gasteiger partial charge in [-0.15, -0.1) is 5.10 Å². The number of hydrogen-bond acceptors (Lipinski definition) is 6. The number of aromatic nitrogens is 3. The average Bonchev–Trinajstić information content (AvgIpc) is 3.47. The predicted octanol–water partition coefficient (Wildman–Crippen LogP) is 1.97. The third-order valence-corrected chi connectivity index (χ3v) is 4.90. The molecule has 1 saturated heterocycles. The van der Waals surface area contributed by atoms with E-state index in [9.17, 15) is 0 Å². The van der Waals surface area contributed by atoms with Crippen LogP contribution in [0.15, 0.2) is 52.1 Å². The zero-order chi connectivity index (χ0) is 20.1. The van der Waals surface area contributed by atoms with Gasteiger partial charge in [0, 0.05) is 33.2 Å². The van der Waals surface area contributed by atoms with Crippen LogP contribution in [-0.2, 0) is 6.54 Å². The first-order chi connectivity index (χ1) is 14.3. The van der Waals surface area contributed by atoms with Crippen LogP contribution in [-0.4, -0.2) is 66.4 Å². The summed E-state index contributed by atoms with van der Waals surface area (Å²) in [5.41, 5.74) is 1.13. The number of anilines is 1. The highest BCUT2D eigenvalue weighted by molar-refractivity contribution is 5.80. The molecular formula is C20H25N7O2. The number of rotatable bonds is 5. The third kappa shape index (κ3) is 4.18. The molecule has 0 unspecified atom stereocenters. The molecule has 9 heteroatoms. The van der Waals surface area contributed by atoms with Crippen LogP contribution < -0.4 is 15.0 Å². The molecule has 4 rings (SSSR count). The molecule has 1 aliphatic heterocycles. The largest absolute Gasteiger partial charge is 0.495 e. The van der Waals surface area contributed by atoms with Gasteiger partial charge in [-0.25, -0.2) is 4.98 Å². The van der Waals surface area contributed by atoms with Crippen molar-refractivity contribution in [1.82, 2.24) is 25.4 Å². The smallest absolute Gasteiger partial charge is 0.216 e. The van der Waals surface area contributed by atoms with E-state index in [1.807, 2.05) is 30.3 Å². The molecular weight excluding hydrogens is 370 g/mol. The van der Waals surface area contributed by atoms with E-state index in [2.05, 4.69) is 41.4 Å². The highest BCUT2D eigenvalue weighted by atomic mass is 16.5. The SMILES string of the molecule is CN=C(NCc1nc(-c2ccco2)n[nH]1)N1CCN(c2ccccc2OC)CC1. The van der Waals surface area contributed by atoms with Gasteiger partial charge < -0.3 is 24.3 Å². The zero-order valence-electron chi connectivity index (χ0n) is 16.6. The molecule has 29 heavy (non-hydrogen) atoms. The van der Waals surface area contributed by atoms with Gasteiger partial charge >= 0.3 is 0 Å². The highest BCUT2D eigenvalue weighted by Gasteiger charge is 2.21. The highest BCUT2D eigenvalue weighted by Crippen LogP contribution is 2.28. The third-order valence-electron chi connectivity index (χ3n) is 4.90. The quantitative estimate of drug-likeness (QED) is 0.504. The number of nitrogens with zero attached hydrogens (tertiary/aromatic N) is 5. The molecule has 3 heterocycles. The number of benzene rings is 1. The molecule has 1 aromatic carbocycles. The van der Waals surface area contributed by atoms with Crippen molar-refractivity contribution in [3.05, 3.63) is 48.5 Å². The zero-order valence-corrected chi connectivity index (χ0v) is 16.6. The number of piperazine rings is 1. The fourth-order valence-corrected chi connectivity index (χ4v) is 3.44. The number of methoxy groups -OCH3 is 1. The van der Waals surface area contributed by atoms with Gasteiger partial charge in [0.05, 0.1) is 25.6 Å². The summed E-state index contributed by atoms with van der Waals surface area (Å²) in [5, 5.41) is 10.5. The first-order valence-electron chi connectivity index (χ1n) is 9.57. The van der Waals surface area contributed by atoms with Crippen LogP contribution in [0.25, 0.3) is 11.6 Å². The number of aromatic amines is 1. The Bertz CT molecular complexity index is 943. The Balaban J connectivity index is 1.33. The molecule has 0 spiro atoms. The number of para-hydroxylation sites is 2. The van der Waals surface area contributed by atoms with Crippen molar-refractivity contribution in [3.63, 3.8) is 0 Å². The fraction of sp³-hybridized carbons (Fsp3) is 0.350.